The van der Waals surface area contributed by atoms with Crippen molar-refractivity contribution >= 4 is 36.4 Å². The molecule has 0 atom stereocenters. The van der Waals surface area contributed by atoms with Gasteiger partial charge in [-0.2, -0.15) is 0 Å². The molecule has 3 N–H and O–H groups in total. The average molecular weight is 237 g/mol. The van der Waals surface area contributed by atoms with E-state index >= 15 is 0 Å². The smallest absolute Gasteiger partial charge is 0.248 e. The van der Waals surface area contributed by atoms with E-state index in [1.54, 1.807) is 18.2 Å². The molecule has 4 nitrogen and oxygen atoms in total. The highest BCUT2D eigenvalue weighted by Crippen LogP contribution is 2.29. The summed E-state index contributed by atoms with van der Waals surface area (Å²) < 4.78 is 5.17. The van der Waals surface area contributed by atoms with Crippen LogP contribution in [0.2, 0.25) is 0 Å². The van der Waals surface area contributed by atoms with Gasteiger partial charge in [-0.1, -0.05) is 0 Å². The van der Waals surface area contributed by atoms with E-state index in [0.29, 0.717) is 18.0 Å². The van der Waals surface area contributed by atoms with Gasteiger partial charge in [0, 0.05) is 5.56 Å². The molecule has 0 radical (unpaired) electrons. The number of primary amides is 1. The number of benzene rings is 1. The monoisotopic (exact) mass is 236 g/mol. The van der Waals surface area contributed by atoms with Crippen molar-refractivity contribution in [1.82, 2.24) is 0 Å². The van der Waals surface area contributed by atoms with Gasteiger partial charge < -0.3 is 15.8 Å². The summed E-state index contributed by atoms with van der Waals surface area (Å²) in [6.45, 7) is 0.456. The number of anilines is 1. The minimum Gasteiger partial charge on any atom is -0.471 e. The van der Waals surface area contributed by atoms with E-state index in [-0.39, 0.29) is 24.8 Å². The predicted molar refractivity (Wildman–Crippen MR) is 58.6 cm³/mol. The lowest BCUT2D eigenvalue weighted by atomic mass is 10.2. The second kappa shape index (κ2) is 4.93. The fraction of sp³-hybridized carbons (Fsp3) is 0.125. The molecule has 0 aliphatic carbocycles. The standard InChI is InChI=1S/C8H8N2O2.2ClH/c9-8(11)5-1-2-6-7(3-5)12-4-10-6;;/h1-3,10H,4H2,(H2,9,11);2*1H. The van der Waals surface area contributed by atoms with Crippen molar-refractivity contribution in [2.45, 2.75) is 0 Å². The SMILES string of the molecule is Cl.Cl.NC(=O)c1ccc2c(c1)OCN2. The molecule has 1 heterocycles. The molecule has 1 aliphatic heterocycles. The average Bonchev–Trinajstić information content (AvgIpc) is 2.49. The Morgan fingerprint density at radius 2 is 2.14 bits per heavy atom. The van der Waals surface area contributed by atoms with Gasteiger partial charge in [-0.3, -0.25) is 4.79 Å². The first kappa shape index (κ1) is 12.9. The predicted octanol–water partition coefficient (Wildman–Crippen LogP) is 1.39. The number of amides is 1. The minimum atomic E-state index is -0.437. The van der Waals surface area contributed by atoms with Gasteiger partial charge in [-0.25, -0.2) is 0 Å². The van der Waals surface area contributed by atoms with Gasteiger partial charge in [0.1, 0.15) is 5.75 Å². The molecule has 0 saturated carbocycles. The number of halogens is 2. The van der Waals surface area contributed by atoms with Crippen LogP contribution in [0.25, 0.3) is 0 Å². The molecule has 1 amide bonds. The van der Waals surface area contributed by atoms with Crippen LogP contribution in [-0.2, 0) is 0 Å². The zero-order valence-corrected chi connectivity index (χ0v) is 8.78. The maximum atomic E-state index is 10.7. The van der Waals surface area contributed by atoms with E-state index in [0.717, 1.165) is 5.69 Å². The van der Waals surface area contributed by atoms with E-state index in [4.69, 9.17) is 10.5 Å². The minimum absolute atomic E-state index is 0. The highest BCUT2D eigenvalue weighted by molar-refractivity contribution is 5.94. The van der Waals surface area contributed by atoms with Crippen LogP contribution in [0.5, 0.6) is 5.75 Å². The molecule has 0 aromatic heterocycles. The van der Waals surface area contributed by atoms with E-state index in [1.165, 1.54) is 0 Å². The van der Waals surface area contributed by atoms with Gasteiger partial charge in [-0.05, 0) is 18.2 Å². The Balaban J connectivity index is 0.000000845. The summed E-state index contributed by atoms with van der Waals surface area (Å²) in [6, 6.07) is 5.09. The van der Waals surface area contributed by atoms with Crippen molar-refractivity contribution in [2.75, 3.05) is 12.0 Å². The molecule has 0 bridgehead atoms. The fourth-order valence-corrected chi connectivity index (χ4v) is 1.13. The van der Waals surface area contributed by atoms with Crippen LogP contribution in [0.4, 0.5) is 5.69 Å². The molecule has 0 fully saturated rings. The lowest BCUT2D eigenvalue weighted by Crippen LogP contribution is -2.10. The van der Waals surface area contributed by atoms with E-state index < -0.39 is 5.91 Å². The molecular formula is C8H10Cl2N2O2. The summed E-state index contributed by atoms with van der Waals surface area (Å²) in [6.07, 6.45) is 0. The molecule has 1 aromatic carbocycles. The number of hydrogen-bond acceptors (Lipinski definition) is 3. The summed E-state index contributed by atoms with van der Waals surface area (Å²) in [5.41, 5.74) is 6.47. The molecule has 0 saturated heterocycles. The fourth-order valence-electron chi connectivity index (χ4n) is 1.13. The number of nitrogens with one attached hydrogen (secondary N) is 1. The zero-order valence-electron chi connectivity index (χ0n) is 7.15. The lowest BCUT2D eigenvalue weighted by molar-refractivity contribution is 0.1000. The van der Waals surface area contributed by atoms with E-state index in [1.807, 2.05) is 0 Å². The number of carbonyl (C=O) groups is 1. The highest BCUT2D eigenvalue weighted by Gasteiger charge is 2.12. The Labute approximate surface area is 93.6 Å². The molecule has 1 aromatic rings. The molecule has 1 aliphatic rings. The number of fused-ring (bicyclic) bond motifs is 1. The van der Waals surface area contributed by atoms with Crippen molar-refractivity contribution in [3.8, 4) is 5.75 Å². The van der Waals surface area contributed by atoms with Gasteiger partial charge in [0.25, 0.3) is 0 Å². The summed E-state index contributed by atoms with van der Waals surface area (Å²) in [4.78, 5) is 10.7. The Morgan fingerprint density at radius 3 is 2.79 bits per heavy atom. The summed E-state index contributed by atoms with van der Waals surface area (Å²) >= 11 is 0. The van der Waals surface area contributed by atoms with Gasteiger partial charge in [0.15, 0.2) is 6.73 Å². The third-order valence-electron chi connectivity index (χ3n) is 1.76. The molecule has 0 spiro atoms. The molecule has 0 unspecified atom stereocenters. The largest absolute Gasteiger partial charge is 0.471 e. The summed E-state index contributed by atoms with van der Waals surface area (Å²) in [7, 11) is 0. The molecular weight excluding hydrogens is 227 g/mol. The first-order valence-electron chi connectivity index (χ1n) is 3.58. The lowest BCUT2D eigenvalue weighted by Gasteiger charge is -1.98. The van der Waals surface area contributed by atoms with Crippen molar-refractivity contribution in [2.24, 2.45) is 5.73 Å². The number of rotatable bonds is 1. The number of hydrogen-bond donors (Lipinski definition) is 2. The van der Waals surface area contributed by atoms with Crippen molar-refractivity contribution in [3.05, 3.63) is 23.8 Å². The van der Waals surface area contributed by atoms with Crippen LogP contribution in [0.1, 0.15) is 10.4 Å². The van der Waals surface area contributed by atoms with Crippen LogP contribution in [0.3, 0.4) is 0 Å². The zero-order chi connectivity index (χ0) is 8.55. The van der Waals surface area contributed by atoms with Crippen LogP contribution >= 0.6 is 24.8 Å². The normalized spacial score (nSPS) is 11.1. The van der Waals surface area contributed by atoms with Gasteiger partial charge in [0.05, 0.1) is 5.69 Å². The number of carbonyl (C=O) groups excluding carboxylic acids is 1. The first-order valence-corrected chi connectivity index (χ1v) is 3.58. The maximum Gasteiger partial charge on any atom is 0.248 e. The number of nitrogens with two attached hydrogens (primary N) is 1. The van der Waals surface area contributed by atoms with Crippen LogP contribution < -0.4 is 15.8 Å². The van der Waals surface area contributed by atoms with Crippen LogP contribution in [0, 0.1) is 0 Å². The van der Waals surface area contributed by atoms with Crippen molar-refractivity contribution in [1.29, 1.82) is 0 Å². The molecule has 2 rings (SSSR count). The van der Waals surface area contributed by atoms with Crippen molar-refractivity contribution < 1.29 is 9.53 Å². The van der Waals surface area contributed by atoms with E-state index in [9.17, 15) is 4.79 Å². The Kier molecular flexibility index (Phi) is 4.53. The second-order valence-corrected chi connectivity index (χ2v) is 2.54. The van der Waals surface area contributed by atoms with Crippen LogP contribution in [0.15, 0.2) is 18.2 Å². The third kappa shape index (κ3) is 2.21. The molecule has 14 heavy (non-hydrogen) atoms. The van der Waals surface area contributed by atoms with Gasteiger partial charge in [-0.15, -0.1) is 24.8 Å². The third-order valence-corrected chi connectivity index (χ3v) is 1.76. The molecule has 6 heteroatoms. The van der Waals surface area contributed by atoms with Crippen LogP contribution in [-0.4, -0.2) is 12.6 Å². The number of ether oxygens (including phenoxy) is 1. The summed E-state index contributed by atoms with van der Waals surface area (Å²) in [5.74, 6) is 0.250. The topological polar surface area (TPSA) is 64.4 Å². The maximum absolute atomic E-state index is 10.7. The van der Waals surface area contributed by atoms with Gasteiger partial charge >= 0.3 is 0 Å². The second-order valence-electron chi connectivity index (χ2n) is 2.54. The Bertz CT molecular complexity index is 344. The highest BCUT2D eigenvalue weighted by atomic mass is 35.5. The summed E-state index contributed by atoms with van der Waals surface area (Å²) in [5, 5.41) is 2.99. The van der Waals surface area contributed by atoms with Gasteiger partial charge in [0.2, 0.25) is 5.91 Å². The molecule has 78 valence electrons. The Morgan fingerprint density at radius 1 is 1.43 bits per heavy atom. The Hall–Kier alpha value is -1.13. The first-order chi connectivity index (χ1) is 5.77. The van der Waals surface area contributed by atoms with E-state index in [2.05, 4.69) is 5.32 Å². The van der Waals surface area contributed by atoms with Crippen molar-refractivity contribution in [3.63, 3.8) is 0 Å². The quantitative estimate of drug-likeness (QED) is 0.775.